The maximum Gasteiger partial charge on any atom is 0.329 e. The zero-order chi connectivity index (χ0) is 24.0. The first-order valence-electron chi connectivity index (χ1n) is 11.0. The van der Waals surface area contributed by atoms with Crippen molar-refractivity contribution in [1.29, 1.82) is 5.26 Å². The van der Waals surface area contributed by atoms with Crippen molar-refractivity contribution in [3.63, 3.8) is 0 Å². The molecule has 3 aromatic rings. The molecule has 2 aromatic heterocycles. The SMILES string of the molecule is C[C@@H]1Cc2nn3c(c2C(=O)N1C(=O)Nc1ccc(F)c(C#N)c1)CN(C)C[C@H](c1cc[nH]n1)C3. The number of fused-ring (bicyclic) bond motifs is 3. The number of likely N-dealkylation sites (N-methyl/N-ethyl adjacent to an activating group) is 1. The van der Waals surface area contributed by atoms with Gasteiger partial charge in [0.15, 0.2) is 0 Å². The van der Waals surface area contributed by atoms with Crippen molar-refractivity contribution in [2.24, 2.45) is 0 Å². The van der Waals surface area contributed by atoms with Gasteiger partial charge in [0.2, 0.25) is 0 Å². The molecule has 5 rings (SSSR count). The molecule has 0 saturated carbocycles. The quantitative estimate of drug-likeness (QED) is 0.603. The smallest absolute Gasteiger partial charge is 0.307 e. The molecular formula is C23H23FN8O2. The average molecular weight is 462 g/mol. The number of imide groups is 1. The van der Waals surface area contributed by atoms with Crippen LogP contribution in [0.5, 0.6) is 0 Å². The van der Waals surface area contributed by atoms with E-state index >= 15 is 0 Å². The van der Waals surface area contributed by atoms with Gasteiger partial charge in [0, 0.05) is 43.4 Å². The van der Waals surface area contributed by atoms with Crippen molar-refractivity contribution in [3.8, 4) is 6.07 Å². The van der Waals surface area contributed by atoms with Crippen LogP contribution < -0.4 is 5.32 Å². The lowest BCUT2D eigenvalue weighted by molar-refractivity contribution is 0.0742. The molecule has 1 aromatic carbocycles. The molecule has 11 heteroatoms. The lowest BCUT2D eigenvalue weighted by atomic mass is 9.99. The number of carbonyl (C=O) groups excluding carboxylic acids is 2. The Morgan fingerprint density at radius 1 is 1.32 bits per heavy atom. The van der Waals surface area contributed by atoms with Gasteiger partial charge in [-0.3, -0.25) is 24.4 Å². The first-order valence-corrected chi connectivity index (χ1v) is 11.0. The molecule has 0 aliphatic carbocycles. The zero-order valence-electron chi connectivity index (χ0n) is 18.7. The number of nitrogens with zero attached hydrogens (tertiary/aromatic N) is 6. The minimum Gasteiger partial charge on any atom is -0.307 e. The molecule has 4 heterocycles. The Labute approximate surface area is 195 Å². The maximum atomic E-state index is 13.6. The predicted octanol–water partition coefficient (Wildman–Crippen LogP) is 2.47. The number of rotatable bonds is 2. The number of aromatic nitrogens is 4. The van der Waals surface area contributed by atoms with Gasteiger partial charge in [-0.15, -0.1) is 0 Å². The van der Waals surface area contributed by atoms with Crippen LogP contribution in [0.2, 0.25) is 0 Å². The van der Waals surface area contributed by atoms with Crippen LogP contribution in [0.15, 0.2) is 30.5 Å². The van der Waals surface area contributed by atoms with E-state index in [9.17, 15) is 14.0 Å². The van der Waals surface area contributed by atoms with Crippen LogP contribution in [-0.4, -0.2) is 61.4 Å². The van der Waals surface area contributed by atoms with E-state index in [0.717, 1.165) is 24.0 Å². The van der Waals surface area contributed by atoms with Crippen molar-refractivity contribution in [2.45, 2.75) is 38.4 Å². The fourth-order valence-electron chi connectivity index (χ4n) is 4.76. The van der Waals surface area contributed by atoms with Gasteiger partial charge in [0.05, 0.1) is 34.8 Å². The number of hydrogen-bond acceptors (Lipinski definition) is 6. The highest BCUT2D eigenvalue weighted by Crippen LogP contribution is 2.31. The number of aromatic amines is 1. The summed E-state index contributed by atoms with van der Waals surface area (Å²) < 4.78 is 15.5. The molecule has 2 atom stereocenters. The summed E-state index contributed by atoms with van der Waals surface area (Å²) in [5.41, 5.74) is 2.91. The monoisotopic (exact) mass is 462 g/mol. The van der Waals surface area contributed by atoms with Gasteiger partial charge in [-0.1, -0.05) is 0 Å². The molecule has 0 fully saturated rings. The Kier molecular flexibility index (Phi) is 5.37. The summed E-state index contributed by atoms with van der Waals surface area (Å²) in [6.45, 7) is 3.64. The third-order valence-corrected chi connectivity index (χ3v) is 6.33. The van der Waals surface area contributed by atoms with Crippen molar-refractivity contribution in [2.75, 3.05) is 18.9 Å². The second-order valence-electron chi connectivity index (χ2n) is 8.81. The lowest BCUT2D eigenvalue weighted by Gasteiger charge is -2.31. The Hall–Kier alpha value is -4.04. The summed E-state index contributed by atoms with van der Waals surface area (Å²) in [5, 5.41) is 23.6. The fraction of sp³-hybridized carbons (Fsp3) is 0.348. The number of hydrogen-bond donors (Lipinski definition) is 2. The highest BCUT2D eigenvalue weighted by Gasteiger charge is 2.40. The maximum absolute atomic E-state index is 13.6. The molecule has 174 valence electrons. The van der Waals surface area contributed by atoms with E-state index in [2.05, 4.69) is 20.4 Å². The lowest BCUT2D eigenvalue weighted by Crippen LogP contribution is -2.49. The van der Waals surface area contributed by atoms with E-state index in [1.165, 1.54) is 17.0 Å². The molecule has 0 saturated heterocycles. The van der Waals surface area contributed by atoms with Crippen molar-refractivity contribution in [1.82, 2.24) is 29.8 Å². The second kappa shape index (κ2) is 8.39. The topological polar surface area (TPSA) is 123 Å². The van der Waals surface area contributed by atoms with E-state index < -0.39 is 23.8 Å². The molecule has 0 spiro atoms. The number of nitrogens with one attached hydrogen (secondary N) is 2. The van der Waals surface area contributed by atoms with Gasteiger partial charge < -0.3 is 5.32 Å². The number of anilines is 1. The minimum absolute atomic E-state index is 0.110. The van der Waals surface area contributed by atoms with Crippen LogP contribution in [0.25, 0.3) is 0 Å². The summed E-state index contributed by atoms with van der Waals surface area (Å²) in [5.74, 6) is -0.979. The first-order chi connectivity index (χ1) is 16.4. The summed E-state index contributed by atoms with van der Waals surface area (Å²) in [6, 6.07) is 6.35. The molecule has 0 unspecified atom stereocenters. The van der Waals surface area contributed by atoms with Gasteiger partial charge in [0.25, 0.3) is 5.91 Å². The minimum atomic E-state index is -0.674. The molecule has 2 N–H and O–H groups in total. The van der Waals surface area contributed by atoms with Crippen LogP contribution in [0.3, 0.4) is 0 Å². The highest BCUT2D eigenvalue weighted by atomic mass is 19.1. The third-order valence-electron chi connectivity index (χ3n) is 6.33. The number of benzene rings is 1. The van der Waals surface area contributed by atoms with Crippen LogP contribution in [-0.2, 0) is 19.5 Å². The van der Waals surface area contributed by atoms with Crippen LogP contribution >= 0.6 is 0 Å². The molecule has 10 nitrogen and oxygen atoms in total. The van der Waals surface area contributed by atoms with Crippen LogP contribution in [0.1, 0.15) is 45.8 Å². The third kappa shape index (κ3) is 3.72. The normalized spacial score (nSPS) is 20.3. The average Bonchev–Trinajstić information content (AvgIpc) is 3.40. The summed E-state index contributed by atoms with van der Waals surface area (Å²) in [6.07, 6.45) is 2.22. The summed E-state index contributed by atoms with van der Waals surface area (Å²) in [7, 11) is 1.98. The molecule has 3 amide bonds. The Bertz CT molecular complexity index is 1310. The fourth-order valence-corrected chi connectivity index (χ4v) is 4.76. The molecule has 2 aliphatic rings. The van der Waals surface area contributed by atoms with Crippen LogP contribution in [0.4, 0.5) is 14.9 Å². The Morgan fingerprint density at radius 2 is 2.15 bits per heavy atom. The van der Waals surface area contributed by atoms with Crippen molar-refractivity contribution >= 4 is 17.6 Å². The molecule has 2 aliphatic heterocycles. The summed E-state index contributed by atoms with van der Waals surface area (Å²) >= 11 is 0. The number of urea groups is 1. The van der Waals surface area contributed by atoms with Gasteiger partial charge in [-0.05, 0) is 38.2 Å². The molecule has 34 heavy (non-hydrogen) atoms. The molecule has 0 radical (unpaired) electrons. The van der Waals surface area contributed by atoms with Gasteiger partial charge in [-0.25, -0.2) is 9.18 Å². The van der Waals surface area contributed by atoms with Gasteiger partial charge in [-0.2, -0.15) is 15.5 Å². The van der Waals surface area contributed by atoms with E-state index in [-0.39, 0.29) is 17.2 Å². The Balaban J connectivity index is 1.44. The Morgan fingerprint density at radius 3 is 2.88 bits per heavy atom. The van der Waals surface area contributed by atoms with E-state index in [1.54, 1.807) is 19.2 Å². The largest absolute Gasteiger partial charge is 0.329 e. The van der Waals surface area contributed by atoms with E-state index in [4.69, 9.17) is 10.4 Å². The van der Waals surface area contributed by atoms with E-state index in [1.807, 2.05) is 17.8 Å². The summed E-state index contributed by atoms with van der Waals surface area (Å²) in [4.78, 5) is 29.9. The number of carbonyl (C=O) groups is 2. The molecular weight excluding hydrogens is 439 g/mol. The zero-order valence-corrected chi connectivity index (χ0v) is 18.7. The highest BCUT2D eigenvalue weighted by molar-refractivity contribution is 6.10. The standard InChI is InChI=1S/C23H23FN8O2/c1-13-7-19-21(20-12-30(2)10-15(11-31(20)29-19)18-5-6-26-28-18)22(33)32(13)23(34)27-16-3-4-17(24)14(8-16)9-25/h3-6,8,13,15H,7,10-12H2,1-2H3,(H,26,28)(H,27,34)/t13-,15+/m1/s1. The van der Waals surface area contributed by atoms with Gasteiger partial charge >= 0.3 is 6.03 Å². The number of halogens is 1. The first kappa shape index (κ1) is 21.8. The number of nitriles is 1. The number of H-pyrrole nitrogens is 1. The predicted molar refractivity (Wildman–Crippen MR) is 119 cm³/mol. The van der Waals surface area contributed by atoms with Gasteiger partial charge in [0.1, 0.15) is 11.9 Å². The van der Waals surface area contributed by atoms with Crippen molar-refractivity contribution < 1.29 is 14.0 Å². The number of amides is 3. The molecule has 0 bridgehead atoms. The van der Waals surface area contributed by atoms with Crippen LogP contribution in [0, 0.1) is 17.1 Å². The van der Waals surface area contributed by atoms with Crippen molar-refractivity contribution in [3.05, 3.63) is 64.5 Å². The second-order valence-corrected chi connectivity index (χ2v) is 8.81. The van der Waals surface area contributed by atoms with E-state index in [0.29, 0.717) is 30.8 Å².